The molecule has 0 aromatic heterocycles. The van der Waals surface area contributed by atoms with Gasteiger partial charge in [0.1, 0.15) is 23.0 Å². The Labute approximate surface area is 173 Å². The molecule has 4 aromatic carbocycles. The summed E-state index contributed by atoms with van der Waals surface area (Å²) in [4.78, 5) is 2.24. The van der Waals surface area contributed by atoms with Gasteiger partial charge in [-0.3, -0.25) is 0 Å². The van der Waals surface area contributed by atoms with Crippen molar-refractivity contribution in [3.63, 3.8) is 0 Å². The summed E-state index contributed by atoms with van der Waals surface area (Å²) in [6.07, 6.45) is 0. The summed E-state index contributed by atoms with van der Waals surface area (Å²) in [6.45, 7) is 0.0748. The molecule has 0 saturated heterocycles. The lowest BCUT2D eigenvalue weighted by Crippen LogP contribution is -2.61. The first-order valence-electron chi connectivity index (χ1n) is 9.88. The Kier molecular flexibility index (Phi) is 2.86. The van der Waals surface area contributed by atoms with E-state index in [4.69, 9.17) is 9.47 Å². The molecule has 0 unspecified atom stereocenters. The second-order valence-electron chi connectivity index (χ2n) is 7.68. The van der Waals surface area contributed by atoms with Crippen molar-refractivity contribution in [3.8, 4) is 29.1 Å². The first-order valence-corrected chi connectivity index (χ1v) is 9.88. The molecule has 3 aliphatic rings. The van der Waals surface area contributed by atoms with Gasteiger partial charge in [-0.05, 0) is 71.6 Å². The Hall–Kier alpha value is -4.17. The summed E-state index contributed by atoms with van der Waals surface area (Å²) in [5, 5.41) is 9.20. The van der Waals surface area contributed by atoms with Crippen LogP contribution in [0.3, 0.4) is 0 Å². The average molecular weight is 384 g/mol. The molecule has 0 bridgehead atoms. The topological polar surface area (TPSA) is 45.5 Å². The molecule has 30 heavy (non-hydrogen) atoms. The molecule has 0 atom stereocenters. The van der Waals surface area contributed by atoms with Gasteiger partial charge < -0.3 is 14.4 Å². The fourth-order valence-corrected chi connectivity index (χ4v) is 4.96. The van der Waals surface area contributed by atoms with E-state index in [0.717, 1.165) is 56.4 Å². The average Bonchev–Trinajstić information content (AvgIpc) is 2.79. The number of anilines is 3. The first-order chi connectivity index (χ1) is 14.8. The molecule has 4 aromatic rings. The third kappa shape index (κ3) is 1.86. The van der Waals surface area contributed by atoms with Crippen molar-refractivity contribution >= 4 is 40.2 Å². The summed E-state index contributed by atoms with van der Waals surface area (Å²) in [5.41, 5.74) is 7.23. The molecule has 7 rings (SSSR count). The summed E-state index contributed by atoms with van der Waals surface area (Å²) in [6, 6.07) is 28.3. The van der Waals surface area contributed by atoms with Crippen molar-refractivity contribution in [3.05, 3.63) is 84.4 Å². The number of ether oxygens (including phenoxy) is 2. The molecule has 0 aliphatic carbocycles. The standard InChI is InChI=1S/C25H13BN2O2/c27-14-15-10-12-16(13-11-15)28-17-4-1-6-19-23(17)26-24-18(28)5-2-7-20(24)30-22-9-3-8-21(29-19)25(22)26/h1-13H. The SMILES string of the molecule is N#Cc1ccc(N2c3cccc4c3B3c5c(cccc5Oc5cccc2c53)O4)cc1. The van der Waals surface area contributed by atoms with E-state index in [2.05, 4.69) is 23.1 Å². The van der Waals surface area contributed by atoms with Crippen LogP contribution in [-0.2, 0) is 0 Å². The number of benzene rings is 4. The summed E-state index contributed by atoms with van der Waals surface area (Å²) in [7, 11) is 0. The van der Waals surface area contributed by atoms with Crippen LogP contribution in [0.25, 0.3) is 0 Å². The van der Waals surface area contributed by atoms with E-state index in [1.54, 1.807) is 0 Å². The van der Waals surface area contributed by atoms with Gasteiger partial charge in [-0.15, -0.1) is 0 Å². The van der Waals surface area contributed by atoms with Crippen molar-refractivity contribution in [2.45, 2.75) is 0 Å². The maximum atomic E-state index is 9.20. The highest BCUT2D eigenvalue weighted by atomic mass is 16.5. The number of rotatable bonds is 1. The molecule has 3 heterocycles. The highest BCUT2D eigenvalue weighted by Gasteiger charge is 2.46. The van der Waals surface area contributed by atoms with E-state index < -0.39 is 0 Å². The Morgan fingerprint density at radius 1 is 0.633 bits per heavy atom. The zero-order chi connectivity index (χ0) is 19.8. The predicted octanol–water partition coefficient (Wildman–Crippen LogP) is 4.07. The number of hydrogen-bond donors (Lipinski definition) is 0. The highest BCUT2D eigenvalue weighted by molar-refractivity contribution is 7.00. The van der Waals surface area contributed by atoms with E-state index in [-0.39, 0.29) is 6.71 Å². The molecule has 0 radical (unpaired) electrons. The lowest BCUT2D eigenvalue weighted by Gasteiger charge is -2.42. The minimum absolute atomic E-state index is 0.0748. The van der Waals surface area contributed by atoms with Crippen LogP contribution < -0.4 is 30.8 Å². The molecule has 0 spiro atoms. The molecule has 0 amide bonds. The number of nitrogens with zero attached hydrogens (tertiary/aromatic N) is 2. The van der Waals surface area contributed by atoms with Gasteiger partial charge in [0.2, 0.25) is 0 Å². The Balaban J connectivity index is 1.57. The monoisotopic (exact) mass is 384 g/mol. The van der Waals surface area contributed by atoms with Crippen LogP contribution in [0.1, 0.15) is 5.56 Å². The Bertz CT molecular complexity index is 1350. The van der Waals surface area contributed by atoms with Crippen LogP contribution in [0, 0.1) is 11.3 Å². The van der Waals surface area contributed by atoms with Crippen molar-refractivity contribution < 1.29 is 9.47 Å². The van der Waals surface area contributed by atoms with Gasteiger partial charge in [0.05, 0.1) is 11.6 Å². The van der Waals surface area contributed by atoms with E-state index in [0.29, 0.717) is 5.56 Å². The van der Waals surface area contributed by atoms with Gasteiger partial charge in [0, 0.05) is 22.5 Å². The highest BCUT2D eigenvalue weighted by Crippen LogP contribution is 2.44. The van der Waals surface area contributed by atoms with Crippen LogP contribution in [0.5, 0.6) is 23.0 Å². The fourth-order valence-electron chi connectivity index (χ4n) is 4.96. The third-order valence-corrected chi connectivity index (χ3v) is 6.15. The van der Waals surface area contributed by atoms with Gasteiger partial charge in [-0.25, -0.2) is 0 Å². The molecule has 3 aliphatic heterocycles. The van der Waals surface area contributed by atoms with E-state index >= 15 is 0 Å². The largest absolute Gasteiger partial charge is 0.458 e. The van der Waals surface area contributed by atoms with Crippen molar-refractivity contribution in [2.24, 2.45) is 0 Å². The van der Waals surface area contributed by atoms with Gasteiger partial charge in [0.25, 0.3) is 6.71 Å². The normalized spacial score (nSPS) is 13.7. The van der Waals surface area contributed by atoms with Gasteiger partial charge in [0.15, 0.2) is 0 Å². The number of hydrogen-bond acceptors (Lipinski definition) is 4. The van der Waals surface area contributed by atoms with E-state index in [9.17, 15) is 5.26 Å². The zero-order valence-corrected chi connectivity index (χ0v) is 15.8. The summed E-state index contributed by atoms with van der Waals surface area (Å²) >= 11 is 0. The fraction of sp³-hybridized carbons (Fsp3) is 0. The quantitative estimate of drug-likeness (QED) is 0.401. The molecule has 138 valence electrons. The van der Waals surface area contributed by atoms with Crippen molar-refractivity contribution in [1.29, 1.82) is 5.26 Å². The zero-order valence-electron chi connectivity index (χ0n) is 15.8. The van der Waals surface area contributed by atoms with Crippen LogP contribution in [-0.4, -0.2) is 6.71 Å². The van der Waals surface area contributed by atoms with Crippen LogP contribution in [0.4, 0.5) is 17.1 Å². The number of nitriles is 1. The molecule has 0 saturated carbocycles. The summed E-state index contributed by atoms with van der Waals surface area (Å²) < 4.78 is 12.6. The molecular weight excluding hydrogens is 371 g/mol. The lowest BCUT2D eigenvalue weighted by atomic mass is 9.33. The summed E-state index contributed by atoms with van der Waals surface area (Å²) in [5.74, 6) is 3.47. The van der Waals surface area contributed by atoms with Gasteiger partial charge in [-0.2, -0.15) is 5.26 Å². The molecule has 5 heteroatoms. The Morgan fingerprint density at radius 2 is 1.13 bits per heavy atom. The second kappa shape index (κ2) is 5.46. The van der Waals surface area contributed by atoms with Crippen molar-refractivity contribution in [2.75, 3.05) is 4.90 Å². The first kappa shape index (κ1) is 15.7. The van der Waals surface area contributed by atoms with Gasteiger partial charge >= 0.3 is 0 Å². The molecular formula is C25H13BN2O2. The van der Waals surface area contributed by atoms with Crippen LogP contribution in [0.15, 0.2) is 78.9 Å². The molecule has 0 fully saturated rings. The van der Waals surface area contributed by atoms with Gasteiger partial charge in [-0.1, -0.05) is 18.2 Å². The molecule has 4 nitrogen and oxygen atoms in total. The minimum atomic E-state index is 0.0748. The van der Waals surface area contributed by atoms with Crippen LogP contribution in [0.2, 0.25) is 0 Å². The minimum Gasteiger partial charge on any atom is -0.458 e. The van der Waals surface area contributed by atoms with E-state index in [1.165, 1.54) is 0 Å². The van der Waals surface area contributed by atoms with Crippen LogP contribution >= 0.6 is 0 Å². The maximum Gasteiger partial charge on any atom is 0.266 e. The molecule has 0 N–H and O–H groups in total. The maximum absolute atomic E-state index is 9.20. The van der Waals surface area contributed by atoms with Crippen molar-refractivity contribution in [1.82, 2.24) is 0 Å². The predicted molar refractivity (Wildman–Crippen MR) is 117 cm³/mol. The van der Waals surface area contributed by atoms with E-state index in [1.807, 2.05) is 66.7 Å². The third-order valence-electron chi connectivity index (χ3n) is 6.15. The lowest BCUT2D eigenvalue weighted by molar-refractivity contribution is 0.464. The Morgan fingerprint density at radius 3 is 1.67 bits per heavy atom. The smallest absolute Gasteiger partial charge is 0.266 e. The second-order valence-corrected chi connectivity index (χ2v) is 7.68.